The Morgan fingerprint density at radius 1 is 1.54 bits per heavy atom. The Bertz CT molecular complexity index is 199. The van der Waals surface area contributed by atoms with Crippen LogP contribution in [-0.4, -0.2) is 34.9 Å². The Morgan fingerprint density at radius 3 is 2.62 bits per heavy atom. The van der Waals surface area contributed by atoms with Gasteiger partial charge in [0, 0.05) is 6.42 Å². The first-order valence-corrected chi connectivity index (χ1v) is 3.75. The second-order valence-corrected chi connectivity index (χ2v) is 2.37. The van der Waals surface area contributed by atoms with E-state index in [-0.39, 0.29) is 19.4 Å². The van der Waals surface area contributed by atoms with Crippen LogP contribution in [0, 0.1) is 0 Å². The molecular formula is C8H12O5. The number of esters is 1. The largest absolute Gasteiger partial charge is 0.481 e. The molecule has 0 amide bonds. The molecule has 1 atom stereocenters. The Balaban J connectivity index is 3.68. The highest BCUT2D eigenvalue weighted by molar-refractivity contribution is 5.75. The zero-order chi connectivity index (χ0) is 10.3. The van der Waals surface area contributed by atoms with Crippen LogP contribution in [0.3, 0.4) is 0 Å². The second kappa shape index (κ2) is 6.19. The maximum Gasteiger partial charge on any atom is 0.335 e. The number of aliphatic carboxylic acids is 1. The topological polar surface area (TPSA) is 83.8 Å². The van der Waals surface area contributed by atoms with Gasteiger partial charge in [0.15, 0.2) is 6.10 Å². The Morgan fingerprint density at radius 2 is 2.15 bits per heavy atom. The molecule has 0 bridgehead atoms. The predicted octanol–water partition coefficient (Wildman–Crippen LogP) is -0.0587. The van der Waals surface area contributed by atoms with Crippen molar-refractivity contribution in [1.82, 2.24) is 0 Å². The molecule has 0 heterocycles. The van der Waals surface area contributed by atoms with Gasteiger partial charge in [-0.15, -0.1) is 0 Å². The Kier molecular flexibility index (Phi) is 5.54. The molecule has 5 heteroatoms. The summed E-state index contributed by atoms with van der Waals surface area (Å²) in [5.41, 5.74) is 0. The highest BCUT2D eigenvalue weighted by atomic mass is 16.5. The van der Waals surface area contributed by atoms with Crippen molar-refractivity contribution in [1.29, 1.82) is 0 Å². The van der Waals surface area contributed by atoms with Crippen LogP contribution in [-0.2, 0) is 14.3 Å². The molecule has 0 fully saturated rings. The van der Waals surface area contributed by atoms with E-state index in [9.17, 15) is 9.59 Å². The number of ether oxygens (including phenoxy) is 1. The number of hydrogen-bond acceptors (Lipinski definition) is 4. The predicted molar refractivity (Wildman–Crippen MR) is 44.0 cm³/mol. The third kappa shape index (κ3) is 5.86. The van der Waals surface area contributed by atoms with Gasteiger partial charge in [-0.1, -0.05) is 12.7 Å². The smallest absolute Gasteiger partial charge is 0.335 e. The van der Waals surface area contributed by atoms with Crippen molar-refractivity contribution in [3.8, 4) is 0 Å². The summed E-state index contributed by atoms with van der Waals surface area (Å²) in [5, 5.41) is 17.3. The number of hydrogen-bond donors (Lipinski definition) is 2. The van der Waals surface area contributed by atoms with Gasteiger partial charge < -0.3 is 14.9 Å². The molecule has 0 aliphatic heterocycles. The van der Waals surface area contributed by atoms with Crippen LogP contribution in [0.4, 0.5) is 0 Å². The summed E-state index contributed by atoms with van der Waals surface area (Å²) in [6, 6.07) is 0. The maximum absolute atomic E-state index is 10.8. The fourth-order valence-corrected chi connectivity index (χ4v) is 0.615. The minimum atomic E-state index is -1.36. The Hall–Kier alpha value is -1.36. The first kappa shape index (κ1) is 11.6. The minimum absolute atomic E-state index is 0.0168. The molecule has 0 spiro atoms. The molecule has 0 saturated heterocycles. The number of carboxylic acid groups (broad SMARTS) is 1. The van der Waals surface area contributed by atoms with E-state index in [0.717, 1.165) is 0 Å². The number of aliphatic hydroxyl groups is 1. The van der Waals surface area contributed by atoms with Crippen molar-refractivity contribution in [2.45, 2.75) is 18.9 Å². The van der Waals surface area contributed by atoms with Crippen LogP contribution in [0.25, 0.3) is 0 Å². The number of carbonyl (C=O) groups is 2. The number of carboxylic acids is 1. The van der Waals surface area contributed by atoms with E-state index in [2.05, 4.69) is 11.3 Å². The summed E-state index contributed by atoms with van der Waals surface area (Å²) in [4.78, 5) is 20.9. The summed E-state index contributed by atoms with van der Waals surface area (Å²) in [6.07, 6.45) is -0.395. The average molecular weight is 188 g/mol. The van der Waals surface area contributed by atoms with Gasteiger partial charge in [-0.25, -0.2) is 4.79 Å². The van der Waals surface area contributed by atoms with Gasteiger partial charge in [-0.05, 0) is 6.42 Å². The molecule has 0 aromatic carbocycles. The molecule has 74 valence electrons. The molecule has 0 aromatic heterocycles. The lowest BCUT2D eigenvalue weighted by atomic mass is 10.2. The van der Waals surface area contributed by atoms with Gasteiger partial charge >= 0.3 is 11.9 Å². The van der Waals surface area contributed by atoms with Crippen LogP contribution in [0.1, 0.15) is 12.8 Å². The SMILES string of the molecule is C=CCOC(=O)[C@H](O)CCC(=O)O. The van der Waals surface area contributed by atoms with Gasteiger partial charge in [-0.2, -0.15) is 0 Å². The lowest BCUT2D eigenvalue weighted by molar-refractivity contribution is -0.153. The number of aliphatic hydroxyl groups excluding tert-OH is 1. The fraction of sp³-hybridized carbons (Fsp3) is 0.500. The van der Waals surface area contributed by atoms with E-state index in [1.54, 1.807) is 0 Å². The van der Waals surface area contributed by atoms with Crippen molar-refractivity contribution in [2.75, 3.05) is 6.61 Å². The van der Waals surface area contributed by atoms with Gasteiger partial charge in [0.05, 0.1) is 0 Å². The van der Waals surface area contributed by atoms with E-state index in [1.165, 1.54) is 6.08 Å². The van der Waals surface area contributed by atoms with Crippen LogP contribution < -0.4 is 0 Å². The zero-order valence-electron chi connectivity index (χ0n) is 7.10. The summed E-state index contributed by atoms with van der Waals surface area (Å²) in [6.45, 7) is 3.33. The first-order chi connectivity index (χ1) is 6.07. The molecule has 0 unspecified atom stereocenters. The Labute approximate surface area is 75.6 Å². The molecule has 0 aliphatic carbocycles. The van der Waals surface area contributed by atoms with E-state index in [4.69, 9.17) is 10.2 Å². The monoisotopic (exact) mass is 188 g/mol. The molecule has 0 rings (SSSR count). The molecular weight excluding hydrogens is 176 g/mol. The van der Waals surface area contributed by atoms with Crippen molar-refractivity contribution in [2.24, 2.45) is 0 Å². The molecule has 0 aromatic rings. The molecule has 5 nitrogen and oxygen atoms in total. The van der Waals surface area contributed by atoms with Gasteiger partial charge in [0.25, 0.3) is 0 Å². The first-order valence-electron chi connectivity index (χ1n) is 3.75. The second-order valence-electron chi connectivity index (χ2n) is 2.37. The quantitative estimate of drug-likeness (QED) is 0.450. The van der Waals surface area contributed by atoms with E-state index < -0.39 is 18.0 Å². The fourth-order valence-electron chi connectivity index (χ4n) is 0.615. The summed E-state index contributed by atoms with van der Waals surface area (Å²) in [5.74, 6) is -1.88. The summed E-state index contributed by atoms with van der Waals surface area (Å²) < 4.78 is 4.49. The van der Waals surface area contributed by atoms with Gasteiger partial charge in [0.2, 0.25) is 0 Å². The van der Waals surface area contributed by atoms with Crippen molar-refractivity contribution in [3.05, 3.63) is 12.7 Å². The van der Waals surface area contributed by atoms with Crippen molar-refractivity contribution < 1.29 is 24.5 Å². The minimum Gasteiger partial charge on any atom is -0.481 e. The van der Waals surface area contributed by atoms with Crippen LogP contribution in [0.5, 0.6) is 0 Å². The van der Waals surface area contributed by atoms with E-state index >= 15 is 0 Å². The zero-order valence-corrected chi connectivity index (χ0v) is 7.10. The highest BCUT2D eigenvalue weighted by Gasteiger charge is 2.16. The number of rotatable bonds is 6. The lowest BCUT2D eigenvalue weighted by Gasteiger charge is -2.07. The van der Waals surface area contributed by atoms with Crippen LogP contribution >= 0.6 is 0 Å². The third-order valence-corrected chi connectivity index (χ3v) is 1.25. The average Bonchev–Trinajstić information content (AvgIpc) is 2.10. The molecule has 0 radical (unpaired) electrons. The third-order valence-electron chi connectivity index (χ3n) is 1.25. The molecule has 2 N–H and O–H groups in total. The molecule has 0 saturated carbocycles. The summed E-state index contributed by atoms with van der Waals surface area (Å²) in [7, 11) is 0. The lowest BCUT2D eigenvalue weighted by Crippen LogP contribution is -2.23. The normalized spacial score (nSPS) is 11.8. The molecule has 13 heavy (non-hydrogen) atoms. The van der Waals surface area contributed by atoms with Crippen molar-refractivity contribution in [3.63, 3.8) is 0 Å². The van der Waals surface area contributed by atoms with E-state index in [1.807, 2.05) is 0 Å². The van der Waals surface area contributed by atoms with Crippen LogP contribution in [0.15, 0.2) is 12.7 Å². The standard InChI is InChI=1S/C8H12O5/c1-2-5-13-8(12)6(9)3-4-7(10)11/h2,6,9H,1,3-5H2,(H,10,11)/t6-/m1/s1. The van der Waals surface area contributed by atoms with Gasteiger partial charge in [0.1, 0.15) is 6.61 Å². The maximum atomic E-state index is 10.8. The van der Waals surface area contributed by atoms with Crippen LogP contribution in [0.2, 0.25) is 0 Å². The summed E-state index contributed by atoms with van der Waals surface area (Å²) >= 11 is 0. The van der Waals surface area contributed by atoms with Gasteiger partial charge in [-0.3, -0.25) is 4.79 Å². The van der Waals surface area contributed by atoms with E-state index in [0.29, 0.717) is 0 Å². The van der Waals surface area contributed by atoms with Crippen molar-refractivity contribution >= 4 is 11.9 Å². The highest BCUT2D eigenvalue weighted by Crippen LogP contribution is 1.99. The molecule has 0 aliphatic rings. The number of carbonyl (C=O) groups excluding carboxylic acids is 1.